The summed E-state index contributed by atoms with van der Waals surface area (Å²) in [6.07, 6.45) is 0. The van der Waals surface area contributed by atoms with Crippen LogP contribution in [0.5, 0.6) is 0 Å². The molecule has 0 aliphatic carbocycles. The van der Waals surface area contributed by atoms with E-state index in [1.807, 2.05) is 60.7 Å². The maximum absolute atomic E-state index is 6.53. The lowest BCUT2D eigenvalue weighted by atomic mass is 10.4. The summed E-state index contributed by atoms with van der Waals surface area (Å²) in [5.41, 5.74) is 0. The molecule has 0 aliphatic heterocycles. The first-order valence-electron chi connectivity index (χ1n) is 5.67. The first-order valence-corrected chi connectivity index (χ1v) is 17.8. The van der Waals surface area contributed by atoms with E-state index in [1.165, 1.54) is 30.7 Å². The molecule has 2 aromatic rings. The van der Waals surface area contributed by atoms with Crippen molar-refractivity contribution in [1.29, 1.82) is 0 Å². The smallest absolute Gasteiger partial charge is 0.0680 e. The van der Waals surface area contributed by atoms with Gasteiger partial charge in [-0.2, -0.15) is 0 Å². The molecule has 21 heavy (non-hydrogen) atoms. The van der Waals surface area contributed by atoms with E-state index in [1.54, 1.807) is 0 Å². The molecule has 0 heterocycles. The van der Waals surface area contributed by atoms with Crippen LogP contribution < -0.4 is 10.6 Å². The molecule has 2 unspecified atom stereocenters. The first kappa shape index (κ1) is 18.7. The highest BCUT2D eigenvalue weighted by Gasteiger charge is 2.22. The molecule has 0 radical (unpaired) electrons. The zero-order valence-electron chi connectivity index (χ0n) is 10.5. The number of benzene rings is 2. The summed E-state index contributed by atoms with van der Waals surface area (Å²) in [4.78, 5) is 0. The van der Waals surface area contributed by atoms with Crippen molar-refractivity contribution < 1.29 is 0 Å². The normalized spacial score (nSPS) is 16.9. The molecule has 0 nitrogen and oxygen atoms in total. The molecule has 0 N–H and O–H groups in total. The molecule has 0 fully saturated rings. The summed E-state index contributed by atoms with van der Waals surface area (Å²) in [5.74, 6) is 0. The number of rotatable bonds is 6. The fraction of sp³-hybridized carbons (Fsp3) is 0. The van der Waals surface area contributed by atoms with Crippen molar-refractivity contribution in [3.63, 3.8) is 0 Å². The van der Waals surface area contributed by atoms with Crippen LogP contribution in [0.2, 0.25) is 0 Å². The monoisotopic (exact) mass is 446 g/mol. The van der Waals surface area contributed by atoms with Gasteiger partial charge in [-0.1, -0.05) is 107 Å². The molecule has 0 aromatic heterocycles. The van der Waals surface area contributed by atoms with Crippen LogP contribution in [0.3, 0.4) is 0 Å². The molecule has 0 aliphatic rings. The van der Waals surface area contributed by atoms with Gasteiger partial charge in [0.1, 0.15) is 9.18 Å². The Bertz CT molecular complexity index is 621. The SMILES string of the molecule is S=P(Cl)(SSSP(=S)(Cl)c1ccccc1)c1ccccc1. The van der Waals surface area contributed by atoms with Crippen molar-refractivity contribution in [2.24, 2.45) is 0 Å². The molecule has 9 heteroatoms. The van der Waals surface area contributed by atoms with Crippen LogP contribution in [0, 0.1) is 0 Å². The van der Waals surface area contributed by atoms with Crippen LogP contribution in [-0.2, 0) is 23.6 Å². The molecule has 0 amide bonds. The van der Waals surface area contributed by atoms with E-state index < -0.39 is 9.18 Å². The Balaban J connectivity index is 1.98. The molecular weight excluding hydrogens is 437 g/mol. The standard InChI is InChI=1S/C12H10Cl2P2S5/c13-15(17,11-7-3-1-4-8-11)19-21-20-16(14,18)12-9-5-2-6-10-12/h1-10H. The van der Waals surface area contributed by atoms with E-state index in [0.29, 0.717) is 0 Å². The molecule has 112 valence electrons. The van der Waals surface area contributed by atoms with Crippen LogP contribution in [-0.4, -0.2) is 0 Å². The maximum atomic E-state index is 6.53. The van der Waals surface area contributed by atoms with Crippen molar-refractivity contribution >= 4 is 96.5 Å². The summed E-state index contributed by atoms with van der Waals surface area (Å²) in [6.45, 7) is 0. The number of hydrogen-bond donors (Lipinski definition) is 0. The van der Waals surface area contributed by atoms with Crippen molar-refractivity contribution in [3.05, 3.63) is 60.7 Å². The molecule has 0 spiro atoms. The summed E-state index contributed by atoms with van der Waals surface area (Å²) >= 11 is 24.2. The predicted octanol–water partition coefficient (Wildman–Crippen LogP) is 6.76. The van der Waals surface area contributed by atoms with Crippen LogP contribution >= 0.6 is 62.3 Å². The van der Waals surface area contributed by atoms with Gasteiger partial charge in [-0.15, -0.1) is 0 Å². The fourth-order valence-corrected chi connectivity index (χ4v) is 24.1. The largest absolute Gasteiger partial charge is 0.127 e. The molecule has 2 atom stereocenters. The highest BCUT2D eigenvalue weighted by atomic mass is 35.7. The summed E-state index contributed by atoms with van der Waals surface area (Å²) in [5, 5.41) is 2.00. The molecule has 2 aromatic carbocycles. The quantitative estimate of drug-likeness (QED) is 0.353. The highest BCUT2D eigenvalue weighted by Crippen LogP contribution is 2.76. The van der Waals surface area contributed by atoms with E-state index in [4.69, 9.17) is 46.1 Å². The maximum Gasteiger partial charge on any atom is 0.127 e. The van der Waals surface area contributed by atoms with Crippen LogP contribution in [0.4, 0.5) is 0 Å². The van der Waals surface area contributed by atoms with Gasteiger partial charge < -0.3 is 0 Å². The zero-order chi connectivity index (χ0) is 15.3. The predicted molar refractivity (Wildman–Crippen MR) is 115 cm³/mol. The Morgan fingerprint density at radius 3 is 1.33 bits per heavy atom. The first-order chi connectivity index (χ1) is 9.92. The third-order valence-electron chi connectivity index (χ3n) is 2.38. The Morgan fingerprint density at radius 1 is 0.667 bits per heavy atom. The minimum Gasteiger partial charge on any atom is -0.0680 e. The molecule has 0 saturated carbocycles. The topological polar surface area (TPSA) is 0 Å². The van der Waals surface area contributed by atoms with Gasteiger partial charge in [0.25, 0.3) is 0 Å². The Labute approximate surface area is 156 Å². The lowest BCUT2D eigenvalue weighted by Gasteiger charge is -2.16. The molecule has 0 saturated heterocycles. The van der Waals surface area contributed by atoms with Gasteiger partial charge in [-0.25, -0.2) is 0 Å². The van der Waals surface area contributed by atoms with Crippen molar-refractivity contribution in [2.75, 3.05) is 0 Å². The summed E-state index contributed by atoms with van der Waals surface area (Å²) in [7, 11) is 4.52. The van der Waals surface area contributed by atoms with Gasteiger partial charge in [-0.05, 0) is 30.7 Å². The Hall–Kier alpha value is 1.37. The van der Waals surface area contributed by atoms with Crippen molar-refractivity contribution in [3.8, 4) is 0 Å². The Morgan fingerprint density at radius 2 is 1.00 bits per heavy atom. The van der Waals surface area contributed by atoms with Gasteiger partial charge in [0.15, 0.2) is 0 Å². The van der Waals surface area contributed by atoms with Gasteiger partial charge in [0, 0.05) is 10.6 Å². The van der Waals surface area contributed by atoms with Gasteiger partial charge in [0.2, 0.25) is 0 Å². The van der Waals surface area contributed by atoms with Crippen LogP contribution in [0.1, 0.15) is 0 Å². The summed E-state index contributed by atoms with van der Waals surface area (Å²) < 4.78 is -4.29. The van der Waals surface area contributed by atoms with E-state index in [2.05, 4.69) is 0 Å². The third kappa shape index (κ3) is 5.74. The number of halogens is 2. The van der Waals surface area contributed by atoms with Crippen molar-refractivity contribution in [2.45, 2.75) is 0 Å². The lowest BCUT2D eigenvalue weighted by molar-refractivity contribution is 1.78. The zero-order valence-corrected chi connectivity index (χ0v) is 17.8. The fourth-order valence-electron chi connectivity index (χ4n) is 1.39. The van der Waals surface area contributed by atoms with Gasteiger partial charge in [0.05, 0.1) is 0 Å². The molecule has 2 rings (SSSR count). The van der Waals surface area contributed by atoms with Crippen LogP contribution in [0.15, 0.2) is 60.7 Å². The molecular formula is C12H10Cl2P2S5. The average molecular weight is 447 g/mol. The third-order valence-corrected chi connectivity index (χ3v) is 24.1. The van der Waals surface area contributed by atoms with Crippen molar-refractivity contribution in [1.82, 2.24) is 0 Å². The number of hydrogen-bond acceptors (Lipinski definition) is 5. The lowest BCUT2D eigenvalue weighted by Crippen LogP contribution is -1.95. The van der Waals surface area contributed by atoms with E-state index in [9.17, 15) is 0 Å². The Kier molecular flexibility index (Phi) is 7.54. The van der Waals surface area contributed by atoms with E-state index >= 15 is 0 Å². The van der Waals surface area contributed by atoms with Crippen LogP contribution in [0.25, 0.3) is 0 Å². The second-order valence-electron chi connectivity index (χ2n) is 3.85. The second-order valence-corrected chi connectivity index (χ2v) is 25.9. The molecule has 0 bridgehead atoms. The van der Waals surface area contributed by atoms with E-state index in [0.717, 1.165) is 10.6 Å². The highest BCUT2D eigenvalue weighted by molar-refractivity contribution is 9.34. The van der Waals surface area contributed by atoms with Gasteiger partial charge in [-0.3, -0.25) is 0 Å². The van der Waals surface area contributed by atoms with E-state index in [-0.39, 0.29) is 0 Å². The van der Waals surface area contributed by atoms with Gasteiger partial charge >= 0.3 is 0 Å². The minimum atomic E-state index is -2.15. The average Bonchev–Trinajstić information content (AvgIpc) is 2.49. The minimum absolute atomic E-state index is 1.00. The summed E-state index contributed by atoms with van der Waals surface area (Å²) in [6, 6.07) is 19.6. The second kappa shape index (κ2) is 8.46.